The molecule has 0 amide bonds. The van der Waals surface area contributed by atoms with Crippen molar-refractivity contribution in [3.8, 4) is 0 Å². The number of carbonyl (C=O) groups excluding carboxylic acids is 1. The molecule has 0 radical (unpaired) electrons. The Morgan fingerprint density at radius 2 is 2.25 bits per heavy atom. The molecule has 0 aromatic carbocycles. The topological polar surface area (TPSA) is 51.2 Å². The molecule has 5 heteroatoms. The predicted molar refractivity (Wildman–Crippen MR) is 66.2 cm³/mol. The van der Waals surface area contributed by atoms with E-state index in [9.17, 15) is 4.79 Å². The number of nitrogens with zero attached hydrogens (tertiary/aromatic N) is 1. The maximum Gasteiger partial charge on any atom is 0.358 e. The quantitative estimate of drug-likeness (QED) is 0.807. The fourth-order valence-corrected chi connectivity index (χ4v) is 2.07. The highest BCUT2D eigenvalue weighted by Gasteiger charge is 2.16. The van der Waals surface area contributed by atoms with Crippen molar-refractivity contribution < 1.29 is 9.53 Å². The van der Waals surface area contributed by atoms with Gasteiger partial charge >= 0.3 is 5.97 Å². The second-order valence-electron chi connectivity index (χ2n) is 3.60. The summed E-state index contributed by atoms with van der Waals surface area (Å²) in [4.78, 5) is 16.7. The van der Waals surface area contributed by atoms with E-state index in [2.05, 4.69) is 24.1 Å². The van der Waals surface area contributed by atoms with E-state index in [1.165, 1.54) is 11.3 Å². The second kappa shape index (κ2) is 5.84. The van der Waals surface area contributed by atoms with Crippen LogP contribution in [0.4, 0.5) is 5.13 Å². The van der Waals surface area contributed by atoms with Gasteiger partial charge in [0, 0.05) is 10.9 Å². The summed E-state index contributed by atoms with van der Waals surface area (Å²) in [5.74, 6) is -0.339. The van der Waals surface area contributed by atoms with E-state index in [1.54, 1.807) is 6.92 Å². The van der Waals surface area contributed by atoms with Crippen LogP contribution in [0.2, 0.25) is 0 Å². The molecule has 1 heterocycles. The maximum absolute atomic E-state index is 11.5. The van der Waals surface area contributed by atoms with Gasteiger partial charge in [-0.1, -0.05) is 6.92 Å². The first-order valence-corrected chi connectivity index (χ1v) is 6.31. The maximum atomic E-state index is 11.5. The number of aromatic nitrogens is 1. The first-order chi connectivity index (χ1) is 7.58. The number of aryl methyl sites for hydroxylation is 1. The lowest BCUT2D eigenvalue weighted by Crippen LogP contribution is -2.13. The van der Waals surface area contributed by atoms with Gasteiger partial charge in [0.1, 0.15) is 0 Å². The number of rotatable bonds is 5. The van der Waals surface area contributed by atoms with E-state index in [1.807, 2.05) is 6.92 Å². The van der Waals surface area contributed by atoms with Crippen molar-refractivity contribution in [3.63, 3.8) is 0 Å². The highest BCUT2D eigenvalue weighted by molar-refractivity contribution is 7.15. The van der Waals surface area contributed by atoms with E-state index in [4.69, 9.17) is 4.74 Å². The van der Waals surface area contributed by atoms with E-state index in [-0.39, 0.29) is 5.97 Å². The van der Waals surface area contributed by atoms with Crippen LogP contribution < -0.4 is 5.32 Å². The van der Waals surface area contributed by atoms with Gasteiger partial charge in [-0.25, -0.2) is 9.78 Å². The monoisotopic (exact) mass is 242 g/mol. The Labute approximate surface area is 100 Å². The first-order valence-electron chi connectivity index (χ1n) is 5.49. The second-order valence-corrected chi connectivity index (χ2v) is 4.80. The Hall–Kier alpha value is -1.10. The molecule has 1 aromatic heterocycles. The van der Waals surface area contributed by atoms with Gasteiger partial charge < -0.3 is 10.1 Å². The van der Waals surface area contributed by atoms with Crippen molar-refractivity contribution in [1.29, 1.82) is 0 Å². The standard InChI is InChI=1S/C11H18N2O2S/c1-5-7(3)12-11-13-9(8(4)16-11)10(14)15-6-2/h7H,5-6H2,1-4H3,(H,12,13). The van der Waals surface area contributed by atoms with E-state index in [0.29, 0.717) is 18.3 Å². The van der Waals surface area contributed by atoms with Gasteiger partial charge in [0.25, 0.3) is 0 Å². The van der Waals surface area contributed by atoms with Crippen LogP contribution in [0.1, 0.15) is 42.6 Å². The Morgan fingerprint density at radius 3 is 2.81 bits per heavy atom. The minimum Gasteiger partial charge on any atom is -0.461 e. The number of carbonyl (C=O) groups is 1. The summed E-state index contributed by atoms with van der Waals surface area (Å²) in [5, 5.41) is 4.04. The fraction of sp³-hybridized carbons (Fsp3) is 0.636. The summed E-state index contributed by atoms with van der Waals surface area (Å²) in [6.45, 7) is 8.23. The number of hydrogen-bond donors (Lipinski definition) is 1. The molecule has 1 unspecified atom stereocenters. The third-order valence-electron chi connectivity index (χ3n) is 2.25. The lowest BCUT2D eigenvalue weighted by atomic mass is 10.3. The van der Waals surface area contributed by atoms with Crippen LogP contribution in [0, 0.1) is 6.92 Å². The molecule has 0 spiro atoms. The predicted octanol–water partition coefficient (Wildman–Crippen LogP) is 2.84. The molecule has 0 saturated carbocycles. The number of thiazole rings is 1. The van der Waals surface area contributed by atoms with Crippen molar-refractivity contribution in [2.45, 2.75) is 40.2 Å². The average Bonchev–Trinajstić information content (AvgIpc) is 2.59. The molecule has 0 saturated heterocycles. The molecule has 0 aliphatic carbocycles. The summed E-state index contributed by atoms with van der Waals surface area (Å²) in [6, 6.07) is 0.362. The van der Waals surface area contributed by atoms with Gasteiger partial charge in [-0.15, -0.1) is 11.3 Å². The summed E-state index contributed by atoms with van der Waals surface area (Å²) < 4.78 is 4.93. The molecule has 0 aliphatic rings. The molecule has 1 rings (SSSR count). The molecule has 4 nitrogen and oxygen atoms in total. The SMILES string of the molecule is CCOC(=O)c1nc(NC(C)CC)sc1C. The number of hydrogen-bond acceptors (Lipinski definition) is 5. The molecule has 16 heavy (non-hydrogen) atoms. The van der Waals surface area contributed by atoms with Gasteiger partial charge in [0.2, 0.25) is 0 Å². The lowest BCUT2D eigenvalue weighted by Gasteiger charge is -2.08. The Kier molecular flexibility index (Phi) is 4.73. The third kappa shape index (κ3) is 3.20. The van der Waals surface area contributed by atoms with Crippen LogP contribution in [0.25, 0.3) is 0 Å². The van der Waals surface area contributed by atoms with E-state index in [0.717, 1.165) is 16.4 Å². The van der Waals surface area contributed by atoms with E-state index >= 15 is 0 Å². The molecule has 1 N–H and O–H groups in total. The van der Waals surface area contributed by atoms with Crippen molar-refractivity contribution in [3.05, 3.63) is 10.6 Å². The average molecular weight is 242 g/mol. The van der Waals surface area contributed by atoms with Gasteiger partial charge in [0.05, 0.1) is 6.61 Å². The van der Waals surface area contributed by atoms with Crippen LogP contribution >= 0.6 is 11.3 Å². The summed E-state index contributed by atoms with van der Waals surface area (Å²) in [6.07, 6.45) is 1.02. The molecule has 0 aliphatic heterocycles. The van der Waals surface area contributed by atoms with Crippen LogP contribution in [0.5, 0.6) is 0 Å². The molecular formula is C11H18N2O2S. The molecule has 0 bridgehead atoms. The minimum absolute atomic E-state index is 0.339. The highest BCUT2D eigenvalue weighted by Crippen LogP contribution is 2.23. The highest BCUT2D eigenvalue weighted by atomic mass is 32.1. The van der Waals surface area contributed by atoms with Crippen LogP contribution in [0.15, 0.2) is 0 Å². The van der Waals surface area contributed by atoms with E-state index < -0.39 is 0 Å². The summed E-state index contributed by atoms with van der Waals surface area (Å²) in [7, 11) is 0. The van der Waals surface area contributed by atoms with Gasteiger partial charge in [-0.05, 0) is 27.2 Å². The minimum atomic E-state index is -0.339. The largest absolute Gasteiger partial charge is 0.461 e. The molecular weight excluding hydrogens is 224 g/mol. The van der Waals surface area contributed by atoms with Crippen LogP contribution in [0.3, 0.4) is 0 Å². The zero-order chi connectivity index (χ0) is 12.1. The van der Waals surface area contributed by atoms with Gasteiger partial charge in [-0.3, -0.25) is 0 Å². The van der Waals surface area contributed by atoms with Crippen molar-refractivity contribution in [2.24, 2.45) is 0 Å². The number of ether oxygens (including phenoxy) is 1. The Bertz CT molecular complexity index is 363. The third-order valence-corrected chi connectivity index (χ3v) is 3.15. The van der Waals surface area contributed by atoms with Gasteiger partial charge in [0.15, 0.2) is 10.8 Å². The van der Waals surface area contributed by atoms with Crippen molar-refractivity contribution in [2.75, 3.05) is 11.9 Å². The Balaban J connectivity index is 2.77. The molecule has 1 atom stereocenters. The Morgan fingerprint density at radius 1 is 1.56 bits per heavy atom. The van der Waals surface area contributed by atoms with Crippen molar-refractivity contribution in [1.82, 2.24) is 4.98 Å². The van der Waals surface area contributed by atoms with Crippen molar-refractivity contribution >= 4 is 22.4 Å². The normalized spacial score (nSPS) is 12.2. The molecule has 0 fully saturated rings. The van der Waals surface area contributed by atoms with Crippen LogP contribution in [-0.4, -0.2) is 23.6 Å². The molecule has 90 valence electrons. The zero-order valence-corrected chi connectivity index (χ0v) is 11.0. The first kappa shape index (κ1) is 13.0. The fourth-order valence-electron chi connectivity index (χ4n) is 1.16. The number of nitrogens with one attached hydrogen (secondary N) is 1. The summed E-state index contributed by atoms with van der Waals surface area (Å²) in [5.41, 5.74) is 0.428. The van der Waals surface area contributed by atoms with Crippen LogP contribution in [-0.2, 0) is 4.74 Å². The number of esters is 1. The lowest BCUT2D eigenvalue weighted by molar-refractivity contribution is 0.0519. The number of anilines is 1. The zero-order valence-electron chi connectivity index (χ0n) is 10.2. The smallest absolute Gasteiger partial charge is 0.358 e. The van der Waals surface area contributed by atoms with Gasteiger partial charge in [-0.2, -0.15) is 0 Å². The molecule has 1 aromatic rings. The summed E-state index contributed by atoms with van der Waals surface area (Å²) >= 11 is 1.49.